The van der Waals surface area contributed by atoms with Crippen molar-refractivity contribution in [2.24, 2.45) is 18.9 Å². The van der Waals surface area contributed by atoms with Crippen molar-refractivity contribution in [2.45, 2.75) is 57.8 Å². The minimum atomic E-state index is 0.614. The summed E-state index contributed by atoms with van der Waals surface area (Å²) in [5.74, 6) is 2.44. The number of aromatic nitrogens is 1. The molecular formula is C36H35N2O+. The van der Waals surface area contributed by atoms with Gasteiger partial charge in [0.25, 0.3) is 0 Å². The third kappa shape index (κ3) is 4.05. The van der Waals surface area contributed by atoms with Gasteiger partial charge in [-0.2, -0.15) is 5.26 Å². The topological polar surface area (TPSA) is 40.8 Å². The summed E-state index contributed by atoms with van der Waals surface area (Å²) in [6, 6.07) is 26.1. The van der Waals surface area contributed by atoms with Crippen molar-refractivity contribution in [1.29, 1.82) is 5.26 Å². The van der Waals surface area contributed by atoms with Crippen molar-refractivity contribution in [2.75, 3.05) is 0 Å². The number of pyridine rings is 1. The van der Waals surface area contributed by atoms with Crippen LogP contribution >= 0.6 is 0 Å². The number of fused-ring (bicyclic) bond motifs is 3. The fourth-order valence-corrected chi connectivity index (χ4v) is 7.61. The van der Waals surface area contributed by atoms with Gasteiger partial charge >= 0.3 is 0 Å². The van der Waals surface area contributed by atoms with Crippen LogP contribution in [0.15, 0.2) is 77.3 Å². The lowest BCUT2D eigenvalue weighted by molar-refractivity contribution is -0.660. The number of nitrogens with zero attached hydrogens (tertiary/aromatic N) is 2. The molecule has 7 rings (SSSR count). The van der Waals surface area contributed by atoms with Gasteiger partial charge in [0.15, 0.2) is 6.20 Å². The van der Waals surface area contributed by atoms with E-state index < -0.39 is 0 Å². The second-order valence-corrected chi connectivity index (χ2v) is 11.8. The van der Waals surface area contributed by atoms with E-state index in [2.05, 4.69) is 85.4 Å². The Hall–Kier alpha value is -3.90. The Kier molecular flexibility index (Phi) is 6.00. The van der Waals surface area contributed by atoms with Gasteiger partial charge in [0, 0.05) is 28.5 Å². The van der Waals surface area contributed by atoms with E-state index in [1.807, 2.05) is 12.1 Å². The Balaban J connectivity index is 1.37. The summed E-state index contributed by atoms with van der Waals surface area (Å²) in [7, 11) is 2.07. The molecule has 2 aliphatic rings. The molecule has 0 spiro atoms. The van der Waals surface area contributed by atoms with Crippen LogP contribution < -0.4 is 4.57 Å². The second kappa shape index (κ2) is 9.69. The second-order valence-electron chi connectivity index (χ2n) is 11.8. The number of hydrogen-bond donors (Lipinski definition) is 0. The average molecular weight is 512 g/mol. The van der Waals surface area contributed by atoms with Gasteiger partial charge in [0.05, 0.1) is 17.2 Å². The Morgan fingerprint density at radius 1 is 0.821 bits per heavy atom. The molecule has 2 saturated carbocycles. The molecule has 0 aliphatic heterocycles. The molecule has 2 fully saturated rings. The van der Waals surface area contributed by atoms with Gasteiger partial charge in [-0.15, -0.1) is 0 Å². The molecule has 2 atom stereocenters. The van der Waals surface area contributed by atoms with Crippen molar-refractivity contribution in [3.05, 3.63) is 89.6 Å². The van der Waals surface area contributed by atoms with Crippen molar-refractivity contribution in [1.82, 2.24) is 0 Å². The molecule has 0 N–H and O–H groups in total. The summed E-state index contributed by atoms with van der Waals surface area (Å²) in [5, 5.41) is 12.3. The van der Waals surface area contributed by atoms with Crippen LogP contribution in [0, 0.1) is 30.1 Å². The molecule has 3 nitrogen and oxygen atoms in total. The minimum Gasteiger partial charge on any atom is -0.454 e. The lowest BCUT2D eigenvalue weighted by Gasteiger charge is -2.18. The first kappa shape index (κ1) is 24.2. The molecule has 39 heavy (non-hydrogen) atoms. The van der Waals surface area contributed by atoms with E-state index in [1.54, 1.807) is 0 Å². The predicted octanol–water partition coefficient (Wildman–Crippen LogP) is 9.00. The highest BCUT2D eigenvalue weighted by Crippen LogP contribution is 2.47. The van der Waals surface area contributed by atoms with Crippen LogP contribution in [0.5, 0.6) is 0 Å². The number of nitriles is 1. The number of hydrogen-bond acceptors (Lipinski definition) is 2. The van der Waals surface area contributed by atoms with Gasteiger partial charge in [-0.05, 0) is 78.8 Å². The van der Waals surface area contributed by atoms with E-state index in [9.17, 15) is 5.26 Å². The molecular weight excluding hydrogens is 476 g/mol. The van der Waals surface area contributed by atoms with Crippen LogP contribution in [0.2, 0.25) is 0 Å². The fraction of sp³-hybridized carbons (Fsp3) is 0.333. The molecule has 2 unspecified atom stereocenters. The van der Waals surface area contributed by atoms with Gasteiger partial charge in [-0.3, -0.25) is 0 Å². The van der Waals surface area contributed by atoms with Crippen LogP contribution in [-0.4, -0.2) is 0 Å². The monoisotopic (exact) mass is 511 g/mol. The van der Waals surface area contributed by atoms with E-state index in [-0.39, 0.29) is 0 Å². The van der Waals surface area contributed by atoms with Crippen LogP contribution in [0.4, 0.5) is 0 Å². The quantitative estimate of drug-likeness (QED) is 0.226. The first-order valence-electron chi connectivity index (χ1n) is 14.6. The molecule has 194 valence electrons. The molecule has 0 bridgehead atoms. The van der Waals surface area contributed by atoms with Crippen LogP contribution in [0.25, 0.3) is 44.3 Å². The molecule has 2 heterocycles. The van der Waals surface area contributed by atoms with Crippen LogP contribution in [-0.2, 0) is 7.05 Å². The van der Waals surface area contributed by atoms with Crippen LogP contribution in [0.1, 0.15) is 67.6 Å². The summed E-state index contributed by atoms with van der Waals surface area (Å²) in [4.78, 5) is 0. The van der Waals surface area contributed by atoms with E-state index in [0.717, 1.165) is 56.2 Å². The number of furan rings is 1. The lowest BCUT2D eigenvalue weighted by Crippen LogP contribution is -2.30. The zero-order valence-corrected chi connectivity index (χ0v) is 22.9. The fourth-order valence-electron chi connectivity index (χ4n) is 7.61. The first-order chi connectivity index (χ1) is 19.1. The Bertz CT molecular complexity index is 1750. The standard InChI is InChI=1S/C36H35N2O/c1-23-13-17-30-31-18-16-29(22-37)34(36(31)39-35(30)33(23)32-12-5-6-19-38(32)2)28-11-7-10-25(21-28)27-15-14-26(20-27)24-8-3-4-9-24/h5-7,10-13,16-19,21,24,26-27H,3-4,8-9,14-15,20H2,1-2H3/q+1. The molecule has 2 aliphatic carbocycles. The summed E-state index contributed by atoms with van der Waals surface area (Å²) in [5.41, 5.74) is 9.16. The molecule has 0 saturated heterocycles. The smallest absolute Gasteiger partial charge is 0.216 e. The molecule has 3 heteroatoms. The summed E-state index contributed by atoms with van der Waals surface area (Å²) in [6.07, 6.45) is 11.7. The minimum absolute atomic E-state index is 0.614. The van der Waals surface area contributed by atoms with Gasteiger partial charge in [0.2, 0.25) is 5.69 Å². The highest BCUT2D eigenvalue weighted by molar-refractivity contribution is 6.14. The highest BCUT2D eigenvalue weighted by atomic mass is 16.3. The zero-order chi connectivity index (χ0) is 26.5. The molecule has 5 aromatic rings. The SMILES string of the molecule is Cc1ccc2c(oc3c(-c4cccc(C5CCC(C6CCCC6)C5)c4)c(C#N)ccc32)c1-c1cccc[n+]1C. The lowest BCUT2D eigenvalue weighted by atomic mass is 9.87. The third-order valence-electron chi connectivity index (χ3n) is 9.64. The van der Waals surface area contributed by atoms with Crippen molar-refractivity contribution < 1.29 is 8.98 Å². The molecule has 2 aromatic heterocycles. The van der Waals surface area contributed by atoms with E-state index >= 15 is 0 Å². The van der Waals surface area contributed by atoms with Crippen molar-refractivity contribution >= 4 is 21.9 Å². The van der Waals surface area contributed by atoms with E-state index in [1.165, 1.54) is 56.1 Å². The summed E-state index contributed by atoms with van der Waals surface area (Å²) < 4.78 is 8.93. The number of benzene rings is 3. The highest BCUT2D eigenvalue weighted by Gasteiger charge is 2.33. The Morgan fingerprint density at radius 2 is 1.62 bits per heavy atom. The first-order valence-corrected chi connectivity index (χ1v) is 14.6. The average Bonchev–Trinajstić information content (AvgIpc) is 3.73. The molecule has 0 radical (unpaired) electrons. The summed E-state index contributed by atoms with van der Waals surface area (Å²) >= 11 is 0. The normalized spacial score (nSPS) is 19.7. The van der Waals surface area contributed by atoms with Crippen molar-refractivity contribution in [3.63, 3.8) is 0 Å². The zero-order valence-electron chi connectivity index (χ0n) is 22.9. The largest absolute Gasteiger partial charge is 0.454 e. The Labute approximate surface area is 230 Å². The van der Waals surface area contributed by atoms with E-state index in [0.29, 0.717) is 11.5 Å². The maximum absolute atomic E-state index is 10.2. The van der Waals surface area contributed by atoms with Gasteiger partial charge in [-0.25, -0.2) is 4.57 Å². The Morgan fingerprint density at radius 3 is 2.41 bits per heavy atom. The van der Waals surface area contributed by atoms with Gasteiger partial charge in [-0.1, -0.05) is 62.1 Å². The molecule has 0 amide bonds. The van der Waals surface area contributed by atoms with E-state index in [4.69, 9.17) is 4.42 Å². The maximum Gasteiger partial charge on any atom is 0.216 e. The van der Waals surface area contributed by atoms with Crippen molar-refractivity contribution in [3.8, 4) is 28.5 Å². The van der Waals surface area contributed by atoms with Gasteiger partial charge < -0.3 is 4.42 Å². The maximum atomic E-state index is 10.2. The third-order valence-corrected chi connectivity index (χ3v) is 9.64. The van der Waals surface area contributed by atoms with Gasteiger partial charge in [0.1, 0.15) is 18.2 Å². The predicted molar refractivity (Wildman–Crippen MR) is 157 cm³/mol. The number of aryl methyl sites for hydroxylation is 2. The number of rotatable bonds is 4. The van der Waals surface area contributed by atoms with Crippen LogP contribution in [0.3, 0.4) is 0 Å². The molecule has 3 aromatic carbocycles. The summed E-state index contributed by atoms with van der Waals surface area (Å²) in [6.45, 7) is 2.14.